The first-order chi connectivity index (χ1) is 10.2. The minimum atomic E-state index is -0.197. The molecule has 2 aromatic rings. The number of benzene rings is 1. The molecule has 1 aliphatic carbocycles. The fourth-order valence-corrected chi connectivity index (χ4v) is 3.41. The van der Waals surface area contributed by atoms with Gasteiger partial charge in [0.1, 0.15) is 5.58 Å². The third-order valence-electron chi connectivity index (χ3n) is 4.50. The number of rotatable bonds is 1. The molecule has 5 nitrogen and oxygen atoms in total. The highest BCUT2D eigenvalue weighted by atomic mass is 16.5. The van der Waals surface area contributed by atoms with E-state index in [9.17, 15) is 10.4 Å². The summed E-state index contributed by atoms with van der Waals surface area (Å²) in [5, 5.41) is 23.8. The van der Waals surface area contributed by atoms with E-state index in [1.807, 2.05) is 30.3 Å². The van der Waals surface area contributed by atoms with E-state index in [0.717, 1.165) is 41.4 Å². The van der Waals surface area contributed by atoms with Crippen molar-refractivity contribution in [2.45, 2.75) is 37.8 Å². The Kier molecular flexibility index (Phi) is 2.74. The lowest BCUT2D eigenvalue weighted by molar-refractivity contribution is -0.819. The van der Waals surface area contributed by atoms with Gasteiger partial charge in [-0.25, -0.2) is 0 Å². The van der Waals surface area contributed by atoms with Crippen LogP contribution >= 0.6 is 0 Å². The van der Waals surface area contributed by atoms with Crippen molar-refractivity contribution in [1.82, 2.24) is 0 Å². The normalized spacial score (nSPS) is 25.8. The van der Waals surface area contributed by atoms with E-state index in [1.165, 1.54) is 11.0 Å². The van der Waals surface area contributed by atoms with Gasteiger partial charge >= 0.3 is 5.71 Å². The summed E-state index contributed by atoms with van der Waals surface area (Å²) in [4.78, 5) is 0. The molecule has 1 aromatic carbocycles. The van der Waals surface area contributed by atoms with Crippen LogP contribution in [0.15, 0.2) is 34.7 Å². The second-order valence-electron chi connectivity index (χ2n) is 5.79. The lowest BCUT2D eigenvalue weighted by atomic mass is 9.89. The van der Waals surface area contributed by atoms with Crippen LogP contribution in [0.3, 0.4) is 0 Å². The summed E-state index contributed by atoms with van der Waals surface area (Å²) < 4.78 is 7.98. The van der Waals surface area contributed by atoms with Crippen LogP contribution in [-0.4, -0.2) is 38.7 Å². The summed E-state index contributed by atoms with van der Waals surface area (Å²) in [5.74, 6) is 0.509. The first kappa shape index (κ1) is 12.4. The zero-order chi connectivity index (χ0) is 14.4. The van der Waals surface area contributed by atoms with Crippen molar-refractivity contribution in [1.29, 1.82) is 0 Å². The number of hydrogen-bond donors (Lipinski definition) is 1. The topological polar surface area (TPSA) is 62.5 Å². The number of para-hydroxylation sites is 1. The molecule has 4 rings (SSSR count). The molecule has 0 spiro atoms. The molecular weight excluding hydrogens is 268 g/mol. The van der Waals surface area contributed by atoms with Gasteiger partial charge in [-0.1, -0.05) is 18.2 Å². The molecule has 1 N–H and O–H groups in total. The van der Waals surface area contributed by atoms with Gasteiger partial charge in [0.25, 0.3) is 12.3 Å². The van der Waals surface area contributed by atoms with Crippen LogP contribution in [0, 0.1) is 5.21 Å². The second kappa shape index (κ2) is 4.62. The van der Waals surface area contributed by atoms with E-state index in [4.69, 9.17) is 4.42 Å². The molecule has 108 valence electrons. The fourth-order valence-electron chi connectivity index (χ4n) is 3.41. The van der Waals surface area contributed by atoms with Gasteiger partial charge < -0.3 is 9.62 Å². The van der Waals surface area contributed by atoms with Crippen molar-refractivity contribution >= 4 is 22.9 Å². The van der Waals surface area contributed by atoms with Crippen molar-refractivity contribution in [2.24, 2.45) is 0 Å². The Morgan fingerprint density at radius 3 is 2.71 bits per heavy atom. The molecule has 1 aliphatic heterocycles. The molecule has 1 saturated carbocycles. The number of hydrogen-bond acceptors (Lipinski definition) is 3. The molecule has 2 atom stereocenters. The fraction of sp³-hybridized carbons (Fsp3) is 0.375. The van der Waals surface area contributed by atoms with E-state index in [0.29, 0.717) is 11.5 Å². The van der Waals surface area contributed by atoms with Gasteiger partial charge in [0.2, 0.25) is 11.8 Å². The van der Waals surface area contributed by atoms with Crippen LogP contribution in [0.25, 0.3) is 11.0 Å². The van der Waals surface area contributed by atoms with E-state index in [-0.39, 0.29) is 12.1 Å². The smallest absolute Gasteiger partial charge is 0.323 e. The Hall–Kier alpha value is -2.30. The van der Waals surface area contributed by atoms with Crippen LogP contribution in [0.4, 0.5) is 0 Å². The van der Waals surface area contributed by atoms with Gasteiger partial charge in [-0.2, -0.15) is 4.74 Å². The van der Waals surface area contributed by atoms with Crippen molar-refractivity contribution in [3.05, 3.63) is 41.3 Å². The van der Waals surface area contributed by atoms with E-state index < -0.39 is 0 Å². The standard InChI is InChI=1S/C16H17N2O3/c19-17-10-14(18(20)13-7-3-2-6-12(13)17)16-9-11-5-1-4-8-15(11)21-16/h1,4-5,8-10,12-13,19H,2-3,6-7H2/q+1/t12-,13+/m1/s1. The predicted molar refractivity (Wildman–Crippen MR) is 78.1 cm³/mol. The average molecular weight is 285 g/mol. The average Bonchev–Trinajstić information content (AvgIpc) is 2.94. The third-order valence-corrected chi connectivity index (χ3v) is 4.50. The van der Waals surface area contributed by atoms with E-state index in [2.05, 4.69) is 0 Å². The summed E-state index contributed by atoms with van der Waals surface area (Å²) in [5.41, 5.74) is 1.15. The van der Waals surface area contributed by atoms with Crippen LogP contribution in [0.5, 0.6) is 0 Å². The Bertz CT molecular complexity index is 727. The van der Waals surface area contributed by atoms with Crippen LogP contribution in [0.1, 0.15) is 31.4 Å². The van der Waals surface area contributed by atoms with Crippen LogP contribution < -0.4 is 0 Å². The zero-order valence-corrected chi connectivity index (χ0v) is 11.6. The van der Waals surface area contributed by atoms with Gasteiger partial charge in [0.05, 0.1) is 0 Å². The molecule has 5 heteroatoms. The number of fused-ring (bicyclic) bond motifs is 2. The maximum atomic E-state index is 12.6. The molecular formula is C16H17N2O3+. The minimum absolute atomic E-state index is 0.107. The van der Waals surface area contributed by atoms with Gasteiger partial charge in [-0.3, -0.25) is 5.21 Å². The van der Waals surface area contributed by atoms with Crippen molar-refractivity contribution < 1.29 is 19.1 Å². The molecule has 2 heterocycles. The van der Waals surface area contributed by atoms with Gasteiger partial charge in [0.15, 0.2) is 0 Å². The summed E-state index contributed by atoms with van der Waals surface area (Å²) in [7, 11) is 0. The summed E-state index contributed by atoms with van der Waals surface area (Å²) in [6.45, 7) is 0. The first-order valence-corrected chi connectivity index (χ1v) is 7.38. The highest BCUT2D eigenvalue weighted by molar-refractivity contribution is 6.33. The first-order valence-electron chi connectivity index (χ1n) is 7.38. The summed E-state index contributed by atoms with van der Waals surface area (Å²) in [6, 6.07) is 9.19. The molecule has 0 unspecified atom stereocenters. The molecule has 0 saturated heterocycles. The predicted octanol–water partition coefficient (Wildman–Crippen LogP) is 2.53. The molecule has 1 fully saturated rings. The largest absolute Gasteiger partial charge is 0.623 e. The highest BCUT2D eigenvalue weighted by Crippen LogP contribution is 2.26. The quantitative estimate of drug-likeness (QED) is 0.497. The lowest BCUT2D eigenvalue weighted by Gasteiger charge is -2.27. The summed E-state index contributed by atoms with van der Waals surface area (Å²) >= 11 is 0. The Morgan fingerprint density at radius 2 is 1.90 bits per heavy atom. The van der Waals surface area contributed by atoms with Crippen molar-refractivity contribution in [3.63, 3.8) is 0 Å². The van der Waals surface area contributed by atoms with Crippen LogP contribution in [0.2, 0.25) is 0 Å². The Balaban J connectivity index is 1.82. The van der Waals surface area contributed by atoms with Crippen molar-refractivity contribution in [3.8, 4) is 0 Å². The number of hydroxylamine groups is 2. The SMILES string of the molecule is [O-][N+]1=C(c2cc3ccccc3o2)C=[N+](O)[C@@H]2CCCC[C@@H]21. The Labute approximate surface area is 122 Å². The maximum absolute atomic E-state index is 12.6. The van der Waals surface area contributed by atoms with Crippen molar-refractivity contribution in [2.75, 3.05) is 0 Å². The minimum Gasteiger partial charge on any atom is -0.623 e. The van der Waals surface area contributed by atoms with Gasteiger partial charge in [0, 0.05) is 18.2 Å². The Morgan fingerprint density at radius 1 is 1.14 bits per heavy atom. The third kappa shape index (κ3) is 1.92. The molecule has 2 aliphatic rings. The van der Waals surface area contributed by atoms with E-state index >= 15 is 0 Å². The highest BCUT2D eigenvalue weighted by Gasteiger charge is 2.46. The maximum Gasteiger partial charge on any atom is 0.323 e. The van der Waals surface area contributed by atoms with Crippen LogP contribution in [-0.2, 0) is 0 Å². The summed E-state index contributed by atoms with van der Waals surface area (Å²) in [6.07, 6.45) is 5.24. The number of furan rings is 1. The lowest BCUT2D eigenvalue weighted by Crippen LogP contribution is -2.51. The molecule has 21 heavy (non-hydrogen) atoms. The number of nitrogens with zero attached hydrogens (tertiary/aromatic N) is 2. The van der Waals surface area contributed by atoms with Gasteiger partial charge in [-0.15, -0.1) is 0 Å². The molecule has 0 radical (unpaired) electrons. The zero-order valence-electron chi connectivity index (χ0n) is 11.6. The monoisotopic (exact) mass is 285 g/mol. The van der Waals surface area contributed by atoms with E-state index in [1.54, 1.807) is 0 Å². The molecule has 1 aromatic heterocycles. The van der Waals surface area contributed by atoms with Gasteiger partial charge in [-0.05, 0) is 29.7 Å². The second-order valence-corrected chi connectivity index (χ2v) is 5.79. The molecule has 0 bridgehead atoms. The molecule has 0 amide bonds.